The van der Waals surface area contributed by atoms with Crippen molar-refractivity contribution in [1.82, 2.24) is 4.98 Å². The fraction of sp³-hybridized carbons (Fsp3) is 0.0938. The molecule has 0 saturated heterocycles. The van der Waals surface area contributed by atoms with Gasteiger partial charge in [-0.1, -0.05) is 165 Å². The van der Waals surface area contributed by atoms with Gasteiger partial charge in [-0.25, -0.2) is 9.78 Å². The van der Waals surface area contributed by atoms with E-state index in [0.717, 1.165) is 37.0 Å². The van der Waals surface area contributed by atoms with Crippen LogP contribution < -0.4 is 16.1 Å². The molecule has 1 aromatic heterocycles. The van der Waals surface area contributed by atoms with Crippen molar-refractivity contribution in [2.24, 2.45) is 0 Å². The Morgan fingerprint density at radius 2 is 1.06 bits per heavy atom. The predicted molar refractivity (Wildman–Crippen MR) is 334 cm³/mol. The second-order valence-electron chi connectivity index (χ2n) is 17.8. The molecule has 2 aliphatic rings. The number of benzene rings is 8. The number of aromatic nitrogens is 1. The molecule has 11 rings (SSSR count). The van der Waals surface area contributed by atoms with Crippen molar-refractivity contribution in [2.45, 2.75) is 34.6 Å². The van der Waals surface area contributed by atoms with Crippen LogP contribution in [-0.2, 0) is 36.8 Å². The fourth-order valence-corrected chi connectivity index (χ4v) is 8.75. The number of carbonyl (C=O) groups is 7. The van der Waals surface area contributed by atoms with Gasteiger partial charge in [0.1, 0.15) is 12.2 Å². The van der Waals surface area contributed by atoms with E-state index in [1.807, 2.05) is 97.1 Å². The standard InChI is InChI=1S/C23H16ClNO3.C14H9NO2.C11H11ClO3.C8H4INO2.C6H7BO2.2CH4/c24-17-9-6-14(7-10-17)12-20-22(26)21(23(27)28)18-13-16(8-11-19(18)25-20)15-4-2-1-3-5-15;16-13-11-8-10(9-4-2-1-3-5-9)6-7-12(11)15-14(13)17;1-8(13)15-7-11(14)6-9-2-4-10(12)5-3-9;9-4-1-2-6-5(3-4)7(11)8(12)10-6;8-7(9)6-4-2-1-3-5-6;;/h1-11,13,26H,12H2,(H,27,28);1-8H,(H,15,16,17);2-5H,6-7H2,1H3;1-3H,(H,10,11,12);1-5,8-9H;2*1H4. The van der Waals surface area contributed by atoms with Crippen molar-refractivity contribution < 1.29 is 58.6 Å². The summed E-state index contributed by atoms with van der Waals surface area (Å²) in [5.41, 5.74) is 8.92. The Hall–Kier alpha value is -8.85. The zero-order valence-electron chi connectivity index (χ0n) is 42.8. The maximum Gasteiger partial charge on any atom is 0.488 e. The Balaban J connectivity index is 0.000000200. The molecular formula is C64H55BCl2IN3O12. The van der Waals surface area contributed by atoms with Crippen molar-refractivity contribution in [2.75, 3.05) is 17.2 Å². The monoisotopic (exact) mass is 1270 g/mol. The average molecular weight is 1270 g/mol. The van der Waals surface area contributed by atoms with Gasteiger partial charge in [0.25, 0.3) is 23.4 Å². The molecule has 2 amide bonds. The first-order valence-electron chi connectivity index (χ1n) is 24.5. The maximum absolute atomic E-state index is 11.9. The molecule has 19 heteroatoms. The number of carboxylic acids is 1. The van der Waals surface area contributed by atoms with Crippen LogP contribution in [0.5, 0.6) is 5.75 Å². The number of esters is 1. The number of ether oxygens (including phenoxy) is 1. The highest BCUT2D eigenvalue weighted by Crippen LogP contribution is 2.34. The molecule has 0 saturated carbocycles. The predicted octanol–water partition coefficient (Wildman–Crippen LogP) is 12.1. The average Bonchev–Trinajstić information content (AvgIpc) is 4.12. The third-order valence-electron chi connectivity index (χ3n) is 12.0. The highest BCUT2D eigenvalue weighted by atomic mass is 127. The second-order valence-corrected chi connectivity index (χ2v) is 19.9. The maximum atomic E-state index is 11.9. The summed E-state index contributed by atoms with van der Waals surface area (Å²) in [6.45, 7) is 1.10. The van der Waals surface area contributed by atoms with E-state index >= 15 is 0 Å². The van der Waals surface area contributed by atoms with Crippen molar-refractivity contribution in [1.29, 1.82) is 0 Å². The lowest BCUT2D eigenvalue weighted by molar-refractivity contribution is -0.145. The molecule has 15 nitrogen and oxygen atoms in total. The first-order valence-corrected chi connectivity index (χ1v) is 26.4. The number of aromatic hydroxyl groups is 1. The SMILES string of the molecule is C.C.CC(=O)OCC(=O)Cc1ccc(Cl)cc1.O=C(O)c1c(O)c(Cc2ccc(Cl)cc2)nc2ccc(-c3ccccc3)cc12.O=C1Nc2ccc(-c3ccccc3)cc2C1=O.O=C1Nc2ccc(I)cc2C1=O.OB(O)c1ccccc1. The summed E-state index contributed by atoms with van der Waals surface area (Å²) in [7, 11) is -1.34. The summed E-state index contributed by atoms with van der Waals surface area (Å²) in [4.78, 5) is 83.0. The Morgan fingerprint density at radius 3 is 1.55 bits per heavy atom. The molecule has 0 aliphatic carbocycles. The van der Waals surface area contributed by atoms with Gasteiger partial charge in [0, 0.05) is 38.8 Å². The van der Waals surface area contributed by atoms with E-state index in [1.165, 1.54) is 6.92 Å². The van der Waals surface area contributed by atoms with E-state index in [2.05, 4.69) is 42.9 Å². The summed E-state index contributed by atoms with van der Waals surface area (Å²) in [5, 5.41) is 44.2. The van der Waals surface area contributed by atoms with E-state index in [0.29, 0.717) is 61.0 Å². The molecule has 0 radical (unpaired) electrons. The molecular weight excluding hydrogens is 1210 g/mol. The van der Waals surface area contributed by atoms with Gasteiger partial charge in [0.15, 0.2) is 11.5 Å². The Labute approximate surface area is 503 Å². The van der Waals surface area contributed by atoms with Crippen molar-refractivity contribution in [3.63, 3.8) is 0 Å². The van der Waals surface area contributed by atoms with Gasteiger partial charge in [-0.15, -0.1) is 0 Å². The highest BCUT2D eigenvalue weighted by Gasteiger charge is 2.29. The number of pyridine rings is 1. The summed E-state index contributed by atoms with van der Waals surface area (Å²) in [6, 6.07) is 58.3. The minimum Gasteiger partial charge on any atom is -0.505 e. The van der Waals surface area contributed by atoms with Gasteiger partial charge in [-0.2, -0.15) is 0 Å². The number of nitrogens with zero attached hydrogens (tertiary/aromatic N) is 1. The number of Topliss-reactive ketones (excluding diaryl/α,β-unsaturated/α-hetero) is 3. The van der Waals surface area contributed by atoms with Crippen LogP contribution in [0.2, 0.25) is 10.0 Å². The van der Waals surface area contributed by atoms with Crippen LogP contribution in [0.3, 0.4) is 0 Å². The molecule has 0 atom stereocenters. The van der Waals surface area contributed by atoms with Crippen molar-refractivity contribution in [3.05, 3.63) is 241 Å². The number of anilines is 2. The third-order valence-corrected chi connectivity index (χ3v) is 13.2. The van der Waals surface area contributed by atoms with Crippen molar-refractivity contribution in [3.8, 4) is 28.0 Å². The molecule has 6 N–H and O–H groups in total. The van der Waals surface area contributed by atoms with E-state index in [1.54, 1.807) is 97.1 Å². The normalized spacial score (nSPS) is 11.3. The zero-order chi connectivity index (χ0) is 58.2. The first kappa shape index (κ1) is 65.0. The minimum absolute atomic E-state index is 0. The van der Waals surface area contributed by atoms with E-state index in [4.69, 9.17) is 33.2 Å². The number of hydrogen-bond donors (Lipinski definition) is 6. The Morgan fingerprint density at radius 1 is 0.590 bits per heavy atom. The van der Waals surface area contributed by atoms with Crippen LogP contribution in [0, 0.1) is 3.57 Å². The topological polar surface area (TPSA) is 247 Å². The molecule has 0 unspecified atom stereocenters. The number of aromatic carboxylic acids is 1. The minimum atomic E-state index is -1.34. The molecule has 3 heterocycles. The molecule has 0 bridgehead atoms. The number of carboxylic acid groups (broad SMARTS) is 1. The lowest BCUT2D eigenvalue weighted by Gasteiger charge is -2.12. The zero-order valence-corrected chi connectivity index (χ0v) is 46.5. The number of hydrogen-bond acceptors (Lipinski definition) is 12. The van der Waals surface area contributed by atoms with Crippen LogP contribution in [0.25, 0.3) is 33.2 Å². The van der Waals surface area contributed by atoms with E-state index in [-0.39, 0.29) is 45.0 Å². The molecule has 9 aromatic rings. The van der Waals surface area contributed by atoms with Gasteiger partial charge in [-0.3, -0.25) is 28.8 Å². The van der Waals surface area contributed by atoms with Crippen LogP contribution in [0.1, 0.15) is 69.7 Å². The second kappa shape index (κ2) is 30.8. The van der Waals surface area contributed by atoms with Crippen LogP contribution in [-0.4, -0.2) is 80.1 Å². The lowest BCUT2D eigenvalue weighted by atomic mass is 9.81. The number of fused-ring (bicyclic) bond motifs is 3. The summed E-state index contributed by atoms with van der Waals surface area (Å²) < 4.78 is 5.54. The van der Waals surface area contributed by atoms with Gasteiger partial charge in [0.05, 0.1) is 33.7 Å². The number of ketones is 3. The largest absolute Gasteiger partial charge is 0.505 e. The Bertz CT molecular complexity index is 3780. The summed E-state index contributed by atoms with van der Waals surface area (Å²) in [5.74, 6) is -4.06. The molecule has 422 valence electrons. The van der Waals surface area contributed by atoms with Crippen molar-refractivity contribution >= 4 is 122 Å². The van der Waals surface area contributed by atoms with Crippen LogP contribution in [0.15, 0.2) is 194 Å². The van der Waals surface area contributed by atoms with Crippen LogP contribution >= 0.6 is 45.8 Å². The fourth-order valence-electron chi connectivity index (χ4n) is 8.01. The molecule has 8 aromatic carbocycles. The van der Waals surface area contributed by atoms with E-state index < -0.39 is 42.4 Å². The van der Waals surface area contributed by atoms with Gasteiger partial charge in [-0.05, 0) is 128 Å². The summed E-state index contributed by atoms with van der Waals surface area (Å²) in [6.07, 6.45) is 0.560. The molecule has 0 spiro atoms. The first-order chi connectivity index (χ1) is 38.8. The number of amides is 2. The number of halogens is 3. The Kier molecular flexibility index (Phi) is 24.1. The lowest BCUT2D eigenvalue weighted by Crippen LogP contribution is -2.29. The van der Waals surface area contributed by atoms with Gasteiger partial charge in [0.2, 0.25) is 0 Å². The molecule has 2 aliphatic heterocycles. The molecule has 83 heavy (non-hydrogen) atoms. The third kappa shape index (κ3) is 18.1. The number of nitrogens with one attached hydrogen (secondary N) is 2. The van der Waals surface area contributed by atoms with E-state index in [9.17, 15) is 43.8 Å². The summed E-state index contributed by atoms with van der Waals surface area (Å²) >= 11 is 13.7. The number of carbonyl (C=O) groups excluding carboxylic acids is 6. The molecule has 0 fully saturated rings. The smallest absolute Gasteiger partial charge is 0.488 e. The highest BCUT2D eigenvalue weighted by molar-refractivity contribution is 14.1. The number of rotatable bonds is 10. The van der Waals surface area contributed by atoms with Crippen LogP contribution in [0.4, 0.5) is 11.4 Å². The van der Waals surface area contributed by atoms with Gasteiger partial charge < -0.3 is 35.6 Å². The van der Waals surface area contributed by atoms with Gasteiger partial charge >= 0.3 is 19.1 Å². The quantitative estimate of drug-likeness (QED) is 0.0323.